The van der Waals surface area contributed by atoms with Crippen molar-refractivity contribution in [3.05, 3.63) is 53.3 Å². The SMILES string of the molecule is CN(CCCOc1cccc(Cl)c1)CC(=O)c1cccn1C. The Balaban J connectivity index is 1.69. The van der Waals surface area contributed by atoms with Crippen molar-refractivity contribution in [3.8, 4) is 5.75 Å². The standard InChI is InChI=1S/C17H21ClN2O2/c1-19(13-17(21)16-8-4-10-20(16)2)9-5-11-22-15-7-3-6-14(18)12-15/h3-4,6-8,10,12H,5,9,11,13H2,1-2H3. The number of ketones is 1. The lowest BCUT2D eigenvalue weighted by Gasteiger charge is -2.16. The van der Waals surface area contributed by atoms with Crippen LogP contribution in [0, 0.1) is 0 Å². The third-order valence-corrected chi connectivity index (χ3v) is 3.63. The first-order chi connectivity index (χ1) is 10.6. The zero-order valence-corrected chi connectivity index (χ0v) is 13.7. The van der Waals surface area contributed by atoms with Crippen LogP contribution in [-0.2, 0) is 7.05 Å². The minimum absolute atomic E-state index is 0.130. The number of hydrogen-bond acceptors (Lipinski definition) is 3. The highest BCUT2D eigenvalue weighted by molar-refractivity contribution is 6.30. The summed E-state index contributed by atoms with van der Waals surface area (Å²) in [5.41, 5.74) is 0.738. The largest absolute Gasteiger partial charge is 0.493 e. The number of benzene rings is 1. The summed E-state index contributed by atoms with van der Waals surface area (Å²) in [6.07, 6.45) is 2.73. The number of halogens is 1. The molecule has 1 aromatic heterocycles. The van der Waals surface area contributed by atoms with E-state index in [0.29, 0.717) is 18.2 Å². The van der Waals surface area contributed by atoms with Gasteiger partial charge in [-0.1, -0.05) is 17.7 Å². The molecule has 1 aromatic carbocycles. The predicted octanol–water partition coefficient (Wildman–Crippen LogP) is 3.26. The summed E-state index contributed by atoms with van der Waals surface area (Å²) in [5, 5.41) is 0.669. The summed E-state index contributed by atoms with van der Waals surface area (Å²) in [6.45, 7) is 1.81. The van der Waals surface area contributed by atoms with E-state index < -0.39 is 0 Å². The van der Waals surface area contributed by atoms with E-state index >= 15 is 0 Å². The van der Waals surface area contributed by atoms with Crippen LogP contribution in [0.4, 0.5) is 0 Å². The summed E-state index contributed by atoms with van der Waals surface area (Å²) < 4.78 is 7.48. The molecule has 0 unspecified atom stereocenters. The molecule has 2 aromatic rings. The van der Waals surface area contributed by atoms with Gasteiger partial charge in [-0.3, -0.25) is 9.69 Å². The maximum absolute atomic E-state index is 12.1. The maximum atomic E-state index is 12.1. The molecule has 0 aliphatic rings. The third kappa shape index (κ3) is 4.90. The van der Waals surface area contributed by atoms with Crippen LogP contribution in [-0.4, -0.2) is 42.0 Å². The lowest BCUT2D eigenvalue weighted by Crippen LogP contribution is -2.28. The summed E-state index contributed by atoms with van der Waals surface area (Å²) in [5.74, 6) is 0.904. The Labute approximate surface area is 136 Å². The number of aryl methyl sites for hydroxylation is 1. The van der Waals surface area contributed by atoms with Gasteiger partial charge in [0.1, 0.15) is 5.75 Å². The molecule has 0 radical (unpaired) electrons. The van der Waals surface area contributed by atoms with E-state index in [9.17, 15) is 4.79 Å². The Kier molecular flexibility index (Phi) is 6.04. The van der Waals surface area contributed by atoms with Crippen molar-refractivity contribution in [2.24, 2.45) is 7.05 Å². The molecule has 0 atom stereocenters. The Morgan fingerprint density at radius 2 is 2.14 bits per heavy atom. The number of ether oxygens (including phenoxy) is 1. The van der Waals surface area contributed by atoms with E-state index in [4.69, 9.17) is 16.3 Å². The second-order valence-electron chi connectivity index (χ2n) is 5.32. The van der Waals surface area contributed by atoms with E-state index in [-0.39, 0.29) is 5.78 Å². The van der Waals surface area contributed by atoms with Gasteiger partial charge in [0.05, 0.1) is 18.8 Å². The predicted molar refractivity (Wildman–Crippen MR) is 88.8 cm³/mol. The summed E-state index contributed by atoms with van der Waals surface area (Å²) in [7, 11) is 3.83. The average molecular weight is 321 g/mol. The molecular formula is C17H21ClN2O2. The Morgan fingerprint density at radius 1 is 1.32 bits per heavy atom. The zero-order chi connectivity index (χ0) is 15.9. The van der Waals surface area contributed by atoms with Crippen molar-refractivity contribution in [2.45, 2.75) is 6.42 Å². The Bertz CT molecular complexity index is 625. The minimum atomic E-state index is 0.130. The number of likely N-dealkylation sites (N-methyl/N-ethyl adjacent to an activating group) is 1. The smallest absolute Gasteiger partial charge is 0.193 e. The van der Waals surface area contributed by atoms with Crippen LogP contribution in [0.25, 0.3) is 0 Å². The van der Waals surface area contributed by atoms with Gasteiger partial charge in [-0.15, -0.1) is 0 Å². The molecule has 118 valence electrons. The van der Waals surface area contributed by atoms with Crippen LogP contribution < -0.4 is 4.74 Å². The molecule has 2 rings (SSSR count). The van der Waals surface area contributed by atoms with Crippen LogP contribution in [0.3, 0.4) is 0 Å². The van der Waals surface area contributed by atoms with E-state index in [1.807, 2.05) is 60.1 Å². The van der Waals surface area contributed by atoms with Gasteiger partial charge in [-0.25, -0.2) is 0 Å². The van der Waals surface area contributed by atoms with Gasteiger partial charge in [-0.05, 0) is 43.8 Å². The second-order valence-corrected chi connectivity index (χ2v) is 5.76. The van der Waals surface area contributed by atoms with Crippen molar-refractivity contribution in [1.82, 2.24) is 9.47 Å². The van der Waals surface area contributed by atoms with Crippen LogP contribution >= 0.6 is 11.6 Å². The zero-order valence-electron chi connectivity index (χ0n) is 13.0. The van der Waals surface area contributed by atoms with Gasteiger partial charge in [-0.2, -0.15) is 0 Å². The lowest BCUT2D eigenvalue weighted by atomic mass is 10.2. The van der Waals surface area contributed by atoms with Crippen LogP contribution in [0.1, 0.15) is 16.9 Å². The summed E-state index contributed by atoms with van der Waals surface area (Å²) >= 11 is 5.90. The number of Topliss-reactive ketones (excluding diaryl/α,β-unsaturated/α-hetero) is 1. The van der Waals surface area contributed by atoms with Crippen molar-refractivity contribution in [3.63, 3.8) is 0 Å². The highest BCUT2D eigenvalue weighted by Gasteiger charge is 2.11. The molecule has 0 fully saturated rings. The Hall–Kier alpha value is -1.78. The first-order valence-corrected chi connectivity index (χ1v) is 7.65. The van der Waals surface area contributed by atoms with Gasteiger partial charge in [0.25, 0.3) is 0 Å². The highest BCUT2D eigenvalue weighted by atomic mass is 35.5. The fourth-order valence-electron chi connectivity index (χ4n) is 2.24. The fourth-order valence-corrected chi connectivity index (χ4v) is 2.42. The average Bonchev–Trinajstić information content (AvgIpc) is 2.90. The number of carbonyl (C=O) groups is 1. The second kappa shape index (κ2) is 8.01. The molecule has 1 heterocycles. The monoisotopic (exact) mass is 320 g/mol. The first-order valence-electron chi connectivity index (χ1n) is 7.27. The van der Waals surface area contributed by atoms with E-state index in [1.165, 1.54) is 0 Å². The molecule has 0 saturated heterocycles. The quantitative estimate of drug-likeness (QED) is 0.553. The van der Waals surface area contributed by atoms with Crippen LogP contribution in [0.2, 0.25) is 5.02 Å². The molecular weight excluding hydrogens is 300 g/mol. The Morgan fingerprint density at radius 3 is 2.82 bits per heavy atom. The molecule has 4 nitrogen and oxygen atoms in total. The van der Waals surface area contributed by atoms with Gasteiger partial charge in [0.2, 0.25) is 0 Å². The lowest BCUT2D eigenvalue weighted by molar-refractivity contribution is 0.0935. The molecule has 5 heteroatoms. The molecule has 0 saturated carbocycles. The third-order valence-electron chi connectivity index (χ3n) is 3.39. The number of carbonyl (C=O) groups excluding carboxylic acids is 1. The molecule has 0 spiro atoms. The number of nitrogens with zero attached hydrogens (tertiary/aromatic N) is 2. The van der Waals surface area contributed by atoms with Crippen molar-refractivity contribution >= 4 is 17.4 Å². The topological polar surface area (TPSA) is 34.5 Å². The normalized spacial score (nSPS) is 10.9. The van der Waals surface area contributed by atoms with Gasteiger partial charge in [0.15, 0.2) is 5.78 Å². The highest BCUT2D eigenvalue weighted by Crippen LogP contribution is 2.17. The number of hydrogen-bond donors (Lipinski definition) is 0. The first kappa shape index (κ1) is 16.6. The number of rotatable bonds is 8. The minimum Gasteiger partial charge on any atom is -0.493 e. The number of aromatic nitrogens is 1. The van der Waals surface area contributed by atoms with Gasteiger partial charge in [0, 0.05) is 24.8 Å². The summed E-state index contributed by atoms with van der Waals surface area (Å²) in [6, 6.07) is 11.1. The fraction of sp³-hybridized carbons (Fsp3) is 0.353. The van der Waals surface area contributed by atoms with Crippen LogP contribution in [0.15, 0.2) is 42.6 Å². The molecule has 0 amide bonds. The van der Waals surface area contributed by atoms with E-state index in [0.717, 1.165) is 24.4 Å². The van der Waals surface area contributed by atoms with Gasteiger partial charge >= 0.3 is 0 Å². The maximum Gasteiger partial charge on any atom is 0.193 e. The van der Waals surface area contributed by atoms with E-state index in [2.05, 4.69) is 0 Å². The molecule has 0 N–H and O–H groups in total. The van der Waals surface area contributed by atoms with Crippen molar-refractivity contribution < 1.29 is 9.53 Å². The molecule has 0 aliphatic heterocycles. The summed E-state index contributed by atoms with van der Waals surface area (Å²) in [4.78, 5) is 14.1. The van der Waals surface area contributed by atoms with Crippen molar-refractivity contribution in [1.29, 1.82) is 0 Å². The molecule has 0 aliphatic carbocycles. The molecule has 22 heavy (non-hydrogen) atoms. The van der Waals surface area contributed by atoms with Gasteiger partial charge < -0.3 is 9.30 Å². The molecule has 0 bridgehead atoms. The van der Waals surface area contributed by atoms with Crippen molar-refractivity contribution in [2.75, 3.05) is 26.7 Å². The van der Waals surface area contributed by atoms with Crippen LogP contribution in [0.5, 0.6) is 5.75 Å². The van der Waals surface area contributed by atoms with E-state index in [1.54, 1.807) is 6.07 Å².